The summed E-state index contributed by atoms with van der Waals surface area (Å²) >= 11 is 0. The maximum absolute atomic E-state index is 11.2. The summed E-state index contributed by atoms with van der Waals surface area (Å²) in [5.41, 5.74) is 7.77. The summed E-state index contributed by atoms with van der Waals surface area (Å²) in [5, 5.41) is 19.7. The Morgan fingerprint density at radius 1 is 1.25 bits per heavy atom. The van der Waals surface area contributed by atoms with Gasteiger partial charge in [0.2, 0.25) is 0 Å². The van der Waals surface area contributed by atoms with Crippen LogP contribution < -0.4 is 5.48 Å². The van der Waals surface area contributed by atoms with Crippen LogP contribution in [0.4, 0.5) is 0 Å². The number of nitrogens with zero attached hydrogens (tertiary/aromatic N) is 2. The largest absolute Gasteiger partial charge is 0.395 e. The number of carbonyl (C=O) groups is 1. The van der Waals surface area contributed by atoms with Crippen LogP contribution in [0.5, 0.6) is 0 Å². The van der Waals surface area contributed by atoms with Gasteiger partial charge in [-0.25, -0.2) is 5.48 Å². The van der Waals surface area contributed by atoms with E-state index in [0.29, 0.717) is 6.54 Å². The predicted molar refractivity (Wildman–Crippen MR) is 126 cm³/mol. The molecule has 168 valence electrons. The summed E-state index contributed by atoms with van der Waals surface area (Å²) in [7, 11) is 0. The van der Waals surface area contributed by atoms with Gasteiger partial charge >= 0.3 is 0 Å². The Labute approximate surface area is 188 Å². The molecule has 1 aliphatic rings. The van der Waals surface area contributed by atoms with Crippen LogP contribution in [-0.4, -0.2) is 45.4 Å². The summed E-state index contributed by atoms with van der Waals surface area (Å²) in [6.07, 6.45) is 8.23. The molecule has 1 heterocycles. The number of nitrogens with one attached hydrogen (secondary N) is 1. The van der Waals surface area contributed by atoms with Crippen molar-refractivity contribution in [1.82, 2.24) is 14.9 Å². The number of fused-ring (bicyclic) bond motifs is 2. The van der Waals surface area contributed by atoms with Crippen LogP contribution in [-0.2, 0) is 24.2 Å². The summed E-state index contributed by atoms with van der Waals surface area (Å²) in [4.78, 5) is 13.6. The first kappa shape index (κ1) is 22.3. The third-order valence-electron chi connectivity index (χ3n) is 6.46. The van der Waals surface area contributed by atoms with E-state index >= 15 is 0 Å². The minimum atomic E-state index is -0.540. The van der Waals surface area contributed by atoms with Crippen LogP contribution >= 0.6 is 0 Å². The molecule has 1 aliphatic carbocycles. The SMILES string of the molecule is CCn1cc(CCN(CCO)C2CCc3cc(/C=C/C(=O)NO)ccc32)c2ccccc21. The smallest absolute Gasteiger partial charge is 0.267 e. The lowest BCUT2D eigenvalue weighted by Gasteiger charge is -2.29. The van der Waals surface area contributed by atoms with Gasteiger partial charge in [0.1, 0.15) is 0 Å². The van der Waals surface area contributed by atoms with Gasteiger partial charge in [0, 0.05) is 48.9 Å². The van der Waals surface area contributed by atoms with Crippen molar-refractivity contribution < 1.29 is 15.1 Å². The molecule has 3 aromatic rings. The molecule has 0 spiro atoms. The Hall–Kier alpha value is -2.93. The summed E-state index contributed by atoms with van der Waals surface area (Å²) in [6.45, 7) is 4.80. The fraction of sp³-hybridized carbons (Fsp3) is 0.346. The summed E-state index contributed by atoms with van der Waals surface area (Å²) < 4.78 is 2.30. The first-order valence-corrected chi connectivity index (χ1v) is 11.3. The highest BCUT2D eigenvalue weighted by Gasteiger charge is 2.27. The van der Waals surface area contributed by atoms with Crippen molar-refractivity contribution in [1.29, 1.82) is 0 Å². The minimum absolute atomic E-state index is 0.139. The molecule has 2 aromatic carbocycles. The van der Waals surface area contributed by atoms with Crippen molar-refractivity contribution in [2.75, 3.05) is 19.7 Å². The molecule has 0 saturated carbocycles. The van der Waals surface area contributed by atoms with E-state index in [4.69, 9.17) is 5.21 Å². The number of hydrogen-bond donors (Lipinski definition) is 3. The number of aryl methyl sites for hydroxylation is 2. The van der Waals surface area contributed by atoms with Gasteiger partial charge in [0.25, 0.3) is 5.91 Å². The molecule has 6 heteroatoms. The quantitative estimate of drug-likeness (QED) is 0.273. The molecule has 1 unspecified atom stereocenters. The van der Waals surface area contributed by atoms with Crippen molar-refractivity contribution in [3.05, 3.63) is 77.0 Å². The van der Waals surface area contributed by atoms with Gasteiger partial charge in [-0.2, -0.15) is 0 Å². The Kier molecular flexibility index (Phi) is 7.05. The monoisotopic (exact) mass is 433 g/mol. The van der Waals surface area contributed by atoms with E-state index in [0.717, 1.165) is 37.9 Å². The zero-order valence-corrected chi connectivity index (χ0v) is 18.5. The summed E-state index contributed by atoms with van der Waals surface area (Å²) in [6, 6.07) is 15.1. The highest BCUT2D eigenvalue weighted by Crippen LogP contribution is 2.36. The van der Waals surface area contributed by atoms with Crippen LogP contribution in [0.3, 0.4) is 0 Å². The van der Waals surface area contributed by atoms with Crippen molar-refractivity contribution in [3.63, 3.8) is 0 Å². The number of hydroxylamine groups is 1. The molecular weight excluding hydrogens is 402 g/mol. The molecule has 0 bridgehead atoms. The standard InChI is InChI=1S/C26H31N3O3/c1-2-28-18-21(22-5-3-4-6-24(22)28)13-14-29(15-16-30)25-11-9-20-17-19(7-10-23(20)25)8-12-26(31)27-32/h3-8,10,12,17-18,25,30,32H,2,9,11,13-16H2,1H3,(H,27,31)/b12-8+. The molecule has 32 heavy (non-hydrogen) atoms. The molecular formula is C26H31N3O3. The van der Waals surface area contributed by atoms with E-state index < -0.39 is 5.91 Å². The fourth-order valence-corrected chi connectivity index (χ4v) is 4.91. The third-order valence-corrected chi connectivity index (χ3v) is 6.46. The van der Waals surface area contributed by atoms with Crippen molar-refractivity contribution in [2.24, 2.45) is 0 Å². The molecule has 1 amide bonds. The number of aliphatic hydroxyl groups is 1. The zero-order chi connectivity index (χ0) is 22.5. The Morgan fingerprint density at radius 3 is 2.88 bits per heavy atom. The molecule has 1 aromatic heterocycles. The second-order valence-electron chi connectivity index (χ2n) is 8.29. The molecule has 0 saturated heterocycles. The average Bonchev–Trinajstić information content (AvgIpc) is 3.41. The number of hydrogen-bond acceptors (Lipinski definition) is 4. The van der Waals surface area contributed by atoms with Crippen molar-refractivity contribution in [2.45, 2.75) is 38.8 Å². The van der Waals surface area contributed by atoms with Crippen LogP contribution in [0.1, 0.15) is 41.6 Å². The average molecular weight is 434 g/mol. The first-order chi connectivity index (χ1) is 15.6. The van der Waals surface area contributed by atoms with E-state index in [1.807, 2.05) is 6.07 Å². The van der Waals surface area contributed by atoms with E-state index in [9.17, 15) is 9.90 Å². The Morgan fingerprint density at radius 2 is 2.09 bits per heavy atom. The normalized spacial score (nSPS) is 15.7. The fourth-order valence-electron chi connectivity index (χ4n) is 4.91. The molecule has 4 rings (SSSR count). The molecule has 3 N–H and O–H groups in total. The van der Waals surface area contributed by atoms with Gasteiger partial charge in [0.15, 0.2) is 0 Å². The van der Waals surface area contributed by atoms with Crippen LogP contribution in [0.25, 0.3) is 17.0 Å². The molecule has 0 radical (unpaired) electrons. The lowest BCUT2D eigenvalue weighted by Crippen LogP contribution is -2.32. The number of benzene rings is 2. The number of rotatable bonds is 9. The first-order valence-electron chi connectivity index (χ1n) is 11.3. The van der Waals surface area contributed by atoms with Gasteiger partial charge in [-0.05, 0) is 60.6 Å². The van der Waals surface area contributed by atoms with Gasteiger partial charge in [-0.3, -0.25) is 14.9 Å². The van der Waals surface area contributed by atoms with E-state index in [-0.39, 0.29) is 12.6 Å². The highest BCUT2D eigenvalue weighted by molar-refractivity contribution is 5.90. The number of carbonyl (C=O) groups excluding carboxylic acids is 1. The lowest BCUT2D eigenvalue weighted by molar-refractivity contribution is -0.124. The van der Waals surface area contributed by atoms with Gasteiger partial charge < -0.3 is 9.67 Å². The predicted octanol–water partition coefficient (Wildman–Crippen LogP) is 3.70. The maximum Gasteiger partial charge on any atom is 0.267 e. The number of aliphatic hydroxyl groups excluding tert-OH is 1. The highest BCUT2D eigenvalue weighted by atomic mass is 16.5. The number of amides is 1. The van der Waals surface area contributed by atoms with Gasteiger partial charge in [0.05, 0.1) is 6.61 Å². The maximum atomic E-state index is 11.2. The third kappa shape index (κ3) is 4.63. The van der Waals surface area contributed by atoms with E-state index in [1.165, 1.54) is 33.7 Å². The van der Waals surface area contributed by atoms with Crippen LogP contribution in [0.15, 0.2) is 54.7 Å². The molecule has 0 fully saturated rings. The van der Waals surface area contributed by atoms with Crippen LogP contribution in [0.2, 0.25) is 0 Å². The Bertz CT molecular complexity index is 1120. The van der Waals surface area contributed by atoms with Crippen molar-refractivity contribution in [3.8, 4) is 0 Å². The minimum Gasteiger partial charge on any atom is -0.395 e. The Balaban J connectivity index is 1.51. The van der Waals surface area contributed by atoms with E-state index in [2.05, 4.69) is 59.0 Å². The van der Waals surface area contributed by atoms with Gasteiger partial charge in [-0.1, -0.05) is 36.4 Å². The molecule has 0 aliphatic heterocycles. The number of para-hydroxylation sites is 1. The summed E-state index contributed by atoms with van der Waals surface area (Å²) in [5.74, 6) is -0.540. The second kappa shape index (κ2) is 10.1. The lowest BCUT2D eigenvalue weighted by atomic mass is 10.0. The number of aromatic nitrogens is 1. The van der Waals surface area contributed by atoms with Crippen molar-refractivity contribution >= 4 is 22.9 Å². The molecule has 6 nitrogen and oxygen atoms in total. The second-order valence-corrected chi connectivity index (χ2v) is 8.29. The van der Waals surface area contributed by atoms with E-state index in [1.54, 1.807) is 11.6 Å². The zero-order valence-electron chi connectivity index (χ0n) is 18.5. The van der Waals surface area contributed by atoms with Gasteiger partial charge in [-0.15, -0.1) is 0 Å². The topological polar surface area (TPSA) is 77.7 Å². The molecule has 1 atom stereocenters. The van der Waals surface area contributed by atoms with Crippen LogP contribution in [0, 0.1) is 0 Å².